The van der Waals surface area contributed by atoms with E-state index in [0.717, 1.165) is 5.69 Å². The summed E-state index contributed by atoms with van der Waals surface area (Å²) in [6.45, 7) is 0. The Labute approximate surface area is 135 Å². The van der Waals surface area contributed by atoms with Gasteiger partial charge in [0.05, 0.1) is 29.2 Å². The lowest BCUT2D eigenvalue weighted by atomic mass is 10.0. The minimum Gasteiger partial charge on any atom is -0.349 e. The molecule has 5 rings (SSSR count). The van der Waals surface area contributed by atoms with Gasteiger partial charge >= 0.3 is 0 Å². The second-order valence-electron chi connectivity index (χ2n) is 6.06. The third kappa shape index (κ3) is 1.92. The van der Waals surface area contributed by atoms with Gasteiger partial charge in [-0.3, -0.25) is 0 Å². The van der Waals surface area contributed by atoms with E-state index in [1.165, 1.54) is 22.5 Å². The normalized spacial score (nSPS) is 21.2. The van der Waals surface area contributed by atoms with Gasteiger partial charge < -0.3 is 4.90 Å². The molecule has 0 aliphatic carbocycles. The molecule has 2 atom stereocenters. The minimum absolute atomic E-state index is 0.342. The predicted octanol–water partition coefficient (Wildman–Crippen LogP) is 4.75. The summed E-state index contributed by atoms with van der Waals surface area (Å²) in [6, 6.07) is 30.5. The van der Waals surface area contributed by atoms with E-state index in [9.17, 15) is 0 Å². The van der Waals surface area contributed by atoms with Gasteiger partial charge in [-0.05, 0) is 23.3 Å². The van der Waals surface area contributed by atoms with Crippen LogP contribution in [0.15, 0.2) is 89.9 Å². The number of anilines is 1. The Morgan fingerprint density at radius 2 is 1.30 bits per heavy atom. The Bertz CT molecular complexity index is 880. The number of aliphatic imine (C=N–C) groups is 1. The highest BCUT2D eigenvalue weighted by Gasteiger charge is 2.54. The standard InChI is InChI=1S/C21H16N2/c1-3-9-15(10-4-1)19-21-20(16-11-5-2-6-12-16)23(21)18-14-8-7-13-17(18)22-19/h1-14,20-21H/t20-,21-,23?/m0/s1. The van der Waals surface area contributed by atoms with E-state index in [0.29, 0.717) is 12.1 Å². The first-order valence-corrected chi connectivity index (χ1v) is 8.00. The zero-order valence-electron chi connectivity index (χ0n) is 12.6. The van der Waals surface area contributed by atoms with Crippen LogP contribution in [0.2, 0.25) is 0 Å². The average Bonchev–Trinajstić information content (AvgIpc) is 3.38. The van der Waals surface area contributed by atoms with Gasteiger partial charge in [0.15, 0.2) is 0 Å². The molecule has 1 saturated heterocycles. The van der Waals surface area contributed by atoms with Crippen LogP contribution in [0.3, 0.4) is 0 Å². The van der Waals surface area contributed by atoms with Gasteiger partial charge in [0, 0.05) is 0 Å². The lowest BCUT2D eigenvalue weighted by Gasteiger charge is -2.16. The Morgan fingerprint density at radius 1 is 0.652 bits per heavy atom. The Kier molecular flexibility index (Phi) is 2.65. The van der Waals surface area contributed by atoms with Gasteiger partial charge in [-0.15, -0.1) is 0 Å². The summed E-state index contributed by atoms with van der Waals surface area (Å²) in [6.07, 6.45) is 0. The fourth-order valence-corrected chi connectivity index (χ4v) is 3.62. The largest absolute Gasteiger partial charge is 0.349 e. The Morgan fingerprint density at radius 3 is 2.09 bits per heavy atom. The van der Waals surface area contributed by atoms with Crippen molar-refractivity contribution in [1.82, 2.24) is 0 Å². The maximum Gasteiger partial charge on any atom is 0.0973 e. The van der Waals surface area contributed by atoms with Gasteiger partial charge in [-0.1, -0.05) is 72.8 Å². The summed E-state index contributed by atoms with van der Waals surface area (Å²) in [5, 5.41) is 0. The van der Waals surface area contributed by atoms with Gasteiger partial charge in [-0.2, -0.15) is 0 Å². The van der Waals surface area contributed by atoms with Crippen LogP contribution in [0, 0.1) is 0 Å². The number of hydrogen-bond acceptors (Lipinski definition) is 2. The van der Waals surface area contributed by atoms with E-state index >= 15 is 0 Å². The zero-order valence-corrected chi connectivity index (χ0v) is 12.6. The van der Waals surface area contributed by atoms with Crippen molar-refractivity contribution in [3.63, 3.8) is 0 Å². The quantitative estimate of drug-likeness (QED) is 0.623. The highest BCUT2D eigenvalue weighted by Crippen LogP contribution is 2.54. The molecule has 0 N–H and O–H groups in total. The smallest absolute Gasteiger partial charge is 0.0973 e. The van der Waals surface area contributed by atoms with Crippen LogP contribution in [0.5, 0.6) is 0 Å². The van der Waals surface area contributed by atoms with Crippen LogP contribution < -0.4 is 4.90 Å². The number of benzene rings is 3. The van der Waals surface area contributed by atoms with Crippen LogP contribution in [-0.4, -0.2) is 11.8 Å². The average molecular weight is 296 g/mol. The fourth-order valence-electron chi connectivity index (χ4n) is 3.62. The molecular formula is C21H16N2. The summed E-state index contributed by atoms with van der Waals surface area (Å²) in [5.41, 5.74) is 6.07. The number of hydrogen-bond donors (Lipinski definition) is 0. The number of fused-ring (bicyclic) bond motifs is 3. The second-order valence-corrected chi connectivity index (χ2v) is 6.06. The first-order chi connectivity index (χ1) is 11.4. The van der Waals surface area contributed by atoms with Crippen molar-refractivity contribution in [2.24, 2.45) is 4.99 Å². The molecule has 2 nitrogen and oxygen atoms in total. The van der Waals surface area contributed by atoms with Crippen molar-refractivity contribution < 1.29 is 0 Å². The van der Waals surface area contributed by atoms with Gasteiger partial charge in [0.25, 0.3) is 0 Å². The first kappa shape index (κ1) is 12.7. The predicted molar refractivity (Wildman–Crippen MR) is 94.5 cm³/mol. The minimum atomic E-state index is 0.342. The summed E-state index contributed by atoms with van der Waals surface area (Å²) in [5.74, 6) is 0. The molecule has 2 heterocycles. The maximum absolute atomic E-state index is 4.99. The van der Waals surface area contributed by atoms with Gasteiger partial charge in [0.1, 0.15) is 0 Å². The molecule has 2 aliphatic heterocycles. The van der Waals surface area contributed by atoms with Crippen LogP contribution in [0.25, 0.3) is 0 Å². The molecule has 110 valence electrons. The van der Waals surface area contributed by atoms with Gasteiger partial charge in [0.2, 0.25) is 0 Å². The third-order valence-corrected chi connectivity index (χ3v) is 4.70. The zero-order chi connectivity index (χ0) is 15.2. The number of para-hydroxylation sites is 2. The second kappa shape index (κ2) is 4.82. The van der Waals surface area contributed by atoms with Crippen molar-refractivity contribution in [1.29, 1.82) is 0 Å². The molecule has 0 bridgehead atoms. The molecule has 0 aromatic heterocycles. The monoisotopic (exact) mass is 296 g/mol. The lowest BCUT2D eigenvalue weighted by molar-refractivity contribution is 1.11. The topological polar surface area (TPSA) is 15.4 Å². The Hall–Kier alpha value is -2.87. The SMILES string of the molecule is c1ccc(C2=Nc3ccccc3N3[C@@H]2[C@@H]3c2ccccc2)cc1. The summed E-state index contributed by atoms with van der Waals surface area (Å²) >= 11 is 0. The van der Waals surface area contributed by atoms with Crippen molar-refractivity contribution in [3.05, 3.63) is 96.1 Å². The lowest BCUT2D eigenvalue weighted by Crippen LogP contribution is -2.17. The maximum atomic E-state index is 4.99. The van der Waals surface area contributed by atoms with Crippen molar-refractivity contribution >= 4 is 17.1 Å². The molecule has 1 fully saturated rings. The highest BCUT2D eigenvalue weighted by molar-refractivity contribution is 6.14. The molecule has 23 heavy (non-hydrogen) atoms. The molecule has 0 radical (unpaired) electrons. The van der Waals surface area contributed by atoms with Crippen LogP contribution in [-0.2, 0) is 0 Å². The molecule has 0 saturated carbocycles. The van der Waals surface area contributed by atoms with E-state index < -0.39 is 0 Å². The van der Waals surface area contributed by atoms with Crippen molar-refractivity contribution in [3.8, 4) is 0 Å². The van der Waals surface area contributed by atoms with E-state index in [1.54, 1.807) is 0 Å². The molecule has 3 aromatic carbocycles. The number of rotatable bonds is 2. The number of nitrogens with zero attached hydrogens (tertiary/aromatic N) is 2. The summed E-state index contributed by atoms with van der Waals surface area (Å²) < 4.78 is 0. The molecule has 2 heteroatoms. The molecular weight excluding hydrogens is 280 g/mol. The molecule has 2 aliphatic rings. The Balaban J connectivity index is 1.66. The highest BCUT2D eigenvalue weighted by atomic mass is 15.4. The van der Waals surface area contributed by atoms with Crippen LogP contribution in [0.1, 0.15) is 17.2 Å². The van der Waals surface area contributed by atoms with Crippen molar-refractivity contribution in [2.45, 2.75) is 12.1 Å². The van der Waals surface area contributed by atoms with E-state index in [-0.39, 0.29) is 0 Å². The van der Waals surface area contributed by atoms with Gasteiger partial charge in [-0.25, -0.2) is 4.99 Å². The van der Waals surface area contributed by atoms with E-state index in [4.69, 9.17) is 4.99 Å². The first-order valence-electron chi connectivity index (χ1n) is 8.00. The molecule has 0 unspecified atom stereocenters. The molecule has 3 aromatic rings. The fraction of sp³-hybridized carbons (Fsp3) is 0.0952. The van der Waals surface area contributed by atoms with Crippen LogP contribution >= 0.6 is 0 Å². The molecule has 0 spiro atoms. The third-order valence-electron chi connectivity index (χ3n) is 4.70. The summed E-state index contributed by atoms with van der Waals surface area (Å²) in [7, 11) is 0. The summed E-state index contributed by atoms with van der Waals surface area (Å²) in [4.78, 5) is 7.48. The van der Waals surface area contributed by atoms with Crippen molar-refractivity contribution in [2.75, 3.05) is 4.90 Å². The van der Waals surface area contributed by atoms with Crippen LogP contribution in [0.4, 0.5) is 11.4 Å². The molecule has 0 amide bonds. The van der Waals surface area contributed by atoms with E-state index in [1.807, 2.05) is 0 Å². The van der Waals surface area contributed by atoms with E-state index in [2.05, 4.69) is 89.8 Å².